The number of nitrogens with zero attached hydrogens (tertiary/aromatic N) is 2. The Balaban J connectivity index is 2.15. The van der Waals surface area contributed by atoms with Crippen molar-refractivity contribution in [2.24, 2.45) is 0 Å². The van der Waals surface area contributed by atoms with Gasteiger partial charge in [0.05, 0.1) is 34.6 Å². The molecule has 118 valence electrons. The van der Waals surface area contributed by atoms with E-state index in [1.54, 1.807) is 26.4 Å². The highest BCUT2D eigenvalue weighted by molar-refractivity contribution is 9.10. The quantitative estimate of drug-likeness (QED) is 0.549. The van der Waals surface area contributed by atoms with Gasteiger partial charge in [0, 0.05) is 17.7 Å². The molecule has 0 saturated carbocycles. The summed E-state index contributed by atoms with van der Waals surface area (Å²) in [5.74, 6) is 1.72. The van der Waals surface area contributed by atoms with Gasteiger partial charge in [0.2, 0.25) is 0 Å². The standard InChI is InChI=1S/C15H12BrN3O4/c1-22-12-6-4-9(13(16)14(12)23-2)15-17-10-5-3-8(19(20)21)7-11(10)18-15/h3-7H,1-2H3,(H,17,18). The highest BCUT2D eigenvalue weighted by atomic mass is 79.9. The topological polar surface area (TPSA) is 90.3 Å². The zero-order chi connectivity index (χ0) is 16.6. The fraction of sp³-hybridized carbons (Fsp3) is 0.133. The van der Waals surface area contributed by atoms with Crippen molar-refractivity contribution in [3.63, 3.8) is 0 Å². The van der Waals surface area contributed by atoms with Crippen molar-refractivity contribution in [3.05, 3.63) is 44.9 Å². The third kappa shape index (κ3) is 2.61. The summed E-state index contributed by atoms with van der Waals surface area (Å²) in [6.45, 7) is 0. The largest absolute Gasteiger partial charge is 0.493 e. The van der Waals surface area contributed by atoms with Crippen LogP contribution in [-0.2, 0) is 0 Å². The number of nitro benzene ring substituents is 1. The maximum absolute atomic E-state index is 10.9. The van der Waals surface area contributed by atoms with Gasteiger partial charge in [0.15, 0.2) is 11.5 Å². The average molecular weight is 378 g/mol. The van der Waals surface area contributed by atoms with Crippen LogP contribution in [-0.4, -0.2) is 29.1 Å². The molecular weight excluding hydrogens is 366 g/mol. The van der Waals surface area contributed by atoms with E-state index in [2.05, 4.69) is 25.9 Å². The van der Waals surface area contributed by atoms with E-state index < -0.39 is 4.92 Å². The van der Waals surface area contributed by atoms with E-state index in [9.17, 15) is 10.1 Å². The number of benzene rings is 2. The lowest BCUT2D eigenvalue weighted by atomic mass is 10.2. The molecule has 7 nitrogen and oxygen atoms in total. The number of aromatic amines is 1. The fourth-order valence-corrected chi connectivity index (χ4v) is 2.99. The van der Waals surface area contributed by atoms with Gasteiger partial charge in [0.25, 0.3) is 5.69 Å². The molecule has 0 radical (unpaired) electrons. The Kier molecular flexibility index (Phi) is 3.91. The monoisotopic (exact) mass is 377 g/mol. The smallest absolute Gasteiger partial charge is 0.271 e. The summed E-state index contributed by atoms with van der Waals surface area (Å²) in [5.41, 5.74) is 2.02. The molecule has 3 aromatic rings. The number of fused-ring (bicyclic) bond motifs is 1. The van der Waals surface area contributed by atoms with E-state index in [-0.39, 0.29) is 5.69 Å². The molecule has 0 fully saturated rings. The molecule has 0 aliphatic heterocycles. The molecule has 23 heavy (non-hydrogen) atoms. The van der Waals surface area contributed by atoms with Crippen molar-refractivity contribution in [3.8, 4) is 22.9 Å². The zero-order valence-electron chi connectivity index (χ0n) is 12.3. The van der Waals surface area contributed by atoms with Crippen molar-refractivity contribution in [1.82, 2.24) is 9.97 Å². The lowest BCUT2D eigenvalue weighted by molar-refractivity contribution is -0.384. The predicted molar refractivity (Wildman–Crippen MR) is 89.0 cm³/mol. The van der Waals surface area contributed by atoms with Gasteiger partial charge < -0.3 is 14.5 Å². The third-order valence-electron chi connectivity index (χ3n) is 3.42. The molecule has 1 aromatic heterocycles. The van der Waals surface area contributed by atoms with Crippen LogP contribution in [0, 0.1) is 10.1 Å². The number of imidazole rings is 1. The van der Waals surface area contributed by atoms with Crippen molar-refractivity contribution in [1.29, 1.82) is 0 Å². The first-order valence-corrected chi connectivity index (χ1v) is 7.39. The SMILES string of the molecule is COc1ccc(-c2nc3ccc([N+](=O)[O-])cc3[nH]2)c(Br)c1OC. The Morgan fingerprint density at radius 2 is 2.00 bits per heavy atom. The number of methoxy groups -OCH3 is 2. The second-order valence-electron chi connectivity index (χ2n) is 4.71. The second kappa shape index (κ2) is 5.88. The molecule has 8 heteroatoms. The van der Waals surface area contributed by atoms with Crippen molar-refractivity contribution in [2.45, 2.75) is 0 Å². The third-order valence-corrected chi connectivity index (χ3v) is 4.20. The number of hydrogen-bond donors (Lipinski definition) is 1. The number of ether oxygens (including phenoxy) is 2. The van der Waals surface area contributed by atoms with Crippen molar-refractivity contribution < 1.29 is 14.4 Å². The maximum Gasteiger partial charge on any atom is 0.271 e. The number of rotatable bonds is 4. The molecule has 2 aromatic carbocycles. The average Bonchev–Trinajstić information content (AvgIpc) is 2.96. The minimum Gasteiger partial charge on any atom is -0.493 e. The number of hydrogen-bond acceptors (Lipinski definition) is 5. The first-order chi connectivity index (χ1) is 11.0. The van der Waals surface area contributed by atoms with E-state index in [1.807, 2.05) is 6.07 Å². The lowest BCUT2D eigenvalue weighted by Gasteiger charge is -2.11. The molecule has 0 saturated heterocycles. The van der Waals surface area contributed by atoms with Gasteiger partial charge in [-0.05, 0) is 34.1 Å². The number of H-pyrrole nitrogens is 1. The van der Waals surface area contributed by atoms with E-state index in [1.165, 1.54) is 12.1 Å². The van der Waals surface area contributed by atoms with Crippen LogP contribution in [0.3, 0.4) is 0 Å². The van der Waals surface area contributed by atoms with Crippen LogP contribution in [0.5, 0.6) is 11.5 Å². The summed E-state index contributed by atoms with van der Waals surface area (Å²) in [5, 5.41) is 10.9. The molecule has 0 amide bonds. The first kappa shape index (κ1) is 15.3. The molecule has 3 rings (SSSR count). The zero-order valence-corrected chi connectivity index (χ0v) is 13.9. The van der Waals surface area contributed by atoms with Crippen LogP contribution in [0.15, 0.2) is 34.8 Å². The molecule has 0 aliphatic rings. The maximum atomic E-state index is 10.9. The van der Waals surface area contributed by atoms with E-state index in [0.717, 1.165) is 5.56 Å². The number of nitro groups is 1. The highest BCUT2D eigenvalue weighted by Crippen LogP contribution is 2.41. The van der Waals surface area contributed by atoms with Crippen LogP contribution >= 0.6 is 15.9 Å². The summed E-state index contributed by atoms with van der Waals surface area (Å²) in [6.07, 6.45) is 0. The van der Waals surface area contributed by atoms with Crippen molar-refractivity contribution >= 4 is 32.7 Å². The Morgan fingerprint density at radius 3 is 2.65 bits per heavy atom. The Bertz CT molecular complexity index is 907. The highest BCUT2D eigenvalue weighted by Gasteiger charge is 2.17. The molecule has 0 aliphatic carbocycles. The van der Waals surface area contributed by atoms with Crippen molar-refractivity contribution in [2.75, 3.05) is 14.2 Å². The number of nitrogens with one attached hydrogen (secondary N) is 1. The van der Waals surface area contributed by atoms with E-state index >= 15 is 0 Å². The van der Waals surface area contributed by atoms with Gasteiger partial charge in [0.1, 0.15) is 5.82 Å². The fourth-order valence-electron chi connectivity index (χ4n) is 2.31. The van der Waals surface area contributed by atoms with Gasteiger partial charge in [-0.3, -0.25) is 10.1 Å². The molecule has 0 bridgehead atoms. The first-order valence-electron chi connectivity index (χ1n) is 6.60. The Morgan fingerprint density at radius 1 is 1.22 bits per heavy atom. The van der Waals surface area contributed by atoms with Crippen LogP contribution in [0.4, 0.5) is 5.69 Å². The Labute approximate surface area is 139 Å². The summed E-state index contributed by atoms with van der Waals surface area (Å²) >= 11 is 3.49. The van der Waals surface area contributed by atoms with Crippen LogP contribution < -0.4 is 9.47 Å². The number of halogens is 1. The predicted octanol–water partition coefficient (Wildman–Crippen LogP) is 3.92. The van der Waals surface area contributed by atoms with Gasteiger partial charge in [-0.2, -0.15) is 0 Å². The Hall–Kier alpha value is -2.61. The van der Waals surface area contributed by atoms with Gasteiger partial charge in [-0.25, -0.2) is 4.98 Å². The number of non-ortho nitro benzene ring substituents is 1. The molecule has 0 atom stereocenters. The molecule has 1 N–H and O–H groups in total. The normalized spacial score (nSPS) is 10.7. The van der Waals surface area contributed by atoms with E-state index in [4.69, 9.17) is 9.47 Å². The summed E-state index contributed by atoms with van der Waals surface area (Å²) in [4.78, 5) is 18.0. The van der Waals surface area contributed by atoms with Gasteiger partial charge in [-0.1, -0.05) is 0 Å². The number of aromatic nitrogens is 2. The van der Waals surface area contributed by atoms with Crippen LogP contribution in [0.25, 0.3) is 22.4 Å². The van der Waals surface area contributed by atoms with Crippen LogP contribution in [0.1, 0.15) is 0 Å². The van der Waals surface area contributed by atoms with Gasteiger partial charge in [-0.15, -0.1) is 0 Å². The molecule has 0 unspecified atom stereocenters. The van der Waals surface area contributed by atoms with Gasteiger partial charge >= 0.3 is 0 Å². The minimum atomic E-state index is -0.438. The molecular formula is C15H12BrN3O4. The molecule has 0 spiro atoms. The summed E-state index contributed by atoms with van der Waals surface area (Å²) < 4.78 is 11.3. The summed E-state index contributed by atoms with van der Waals surface area (Å²) in [7, 11) is 3.11. The molecule has 1 heterocycles. The minimum absolute atomic E-state index is 0.0130. The summed E-state index contributed by atoms with van der Waals surface area (Å²) in [6, 6.07) is 8.10. The van der Waals surface area contributed by atoms with E-state index in [0.29, 0.717) is 32.8 Å². The second-order valence-corrected chi connectivity index (χ2v) is 5.50. The lowest BCUT2D eigenvalue weighted by Crippen LogP contribution is -1.93. The van der Waals surface area contributed by atoms with Crippen LogP contribution in [0.2, 0.25) is 0 Å².